The predicted molar refractivity (Wildman–Crippen MR) is 70.0 cm³/mol. The second kappa shape index (κ2) is 4.89. The molecule has 0 unspecified atom stereocenters. The Morgan fingerprint density at radius 1 is 1.53 bits per heavy atom. The van der Waals surface area contributed by atoms with Crippen molar-refractivity contribution in [2.24, 2.45) is 0 Å². The molecule has 0 bridgehead atoms. The molecule has 0 saturated heterocycles. The van der Waals surface area contributed by atoms with Crippen LogP contribution < -0.4 is 11.1 Å². The number of nitrogen functional groups attached to an aromatic ring is 1. The number of hydrogen-bond donors (Lipinski definition) is 2. The van der Waals surface area contributed by atoms with Crippen LogP contribution in [-0.2, 0) is 6.54 Å². The lowest BCUT2D eigenvalue weighted by Crippen LogP contribution is -1.99. The zero-order chi connectivity index (χ0) is 12.4. The average Bonchev–Trinajstić information content (AvgIpc) is 2.62. The molecule has 0 radical (unpaired) electrons. The van der Waals surface area contributed by atoms with Gasteiger partial charge in [0.15, 0.2) is 0 Å². The second-order valence-electron chi connectivity index (χ2n) is 3.62. The SMILES string of the molecule is Cc1c(N)nsc1NCc1ccc(F)c(Cl)c1. The fourth-order valence-electron chi connectivity index (χ4n) is 1.34. The molecule has 6 heteroatoms. The van der Waals surface area contributed by atoms with E-state index in [1.165, 1.54) is 17.6 Å². The minimum atomic E-state index is -0.409. The van der Waals surface area contributed by atoms with Gasteiger partial charge in [-0.1, -0.05) is 17.7 Å². The normalized spacial score (nSPS) is 10.5. The molecule has 0 fully saturated rings. The van der Waals surface area contributed by atoms with Crippen LogP contribution in [0, 0.1) is 12.7 Å². The molecule has 17 heavy (non-hydrogen) atoms. The Labute approximate surface area is 108 Å². The maximum atomic E-state index is 13.0. The first-order valence-electron chi connectivity index (χ1n) is 4.97. The highest BCUT2D eigenvalue weighted by Crippen LogP contribution is 2.26. The van der Waals surface area contributed by atoms with E-state index in [1.807, 2.05) is 6.92 Å². The molecule has 3 nitrogen and oxygen atoms in total. The highest BCUT2D eigenvalue weighted by atomic mass is 35.5. The first-order valence-corrected chi connectivity index (χ1v) is 6.12. The summed E-state index contributed by atoms with van der Waals surface area (Å²) in [7, 11) is 0. The van der Waals surface area contributed by atoms with E-state index in [9.17, 15) is 4.39 Å². The van der Waals surface area contributed by atoms with Gasteiger partial charge in [0.2, 0.25) is 0 Å². The lowest BCUT2D eigenvalue weighted by atomic mass is 10.2. The highest BCUT2D eigenvalue weighted by Gasteiger charge is 2.06. The molecular formula is C11H11ClFN3S. The van der Waals surface area contributed by atoms with Crippen LogP contribution in [0.15, 0.2) is 18.2 Å². The highest BCUT2D eigenvalue weighted by molar-refractivity contribution is 7.10. The number of nitrogens with two attached hydrogens (primary N) is 1. The summed E-state index contributed by atoms with van der Waals surface area (Å²) in [5.74, 6) is 0.128. The monoisotopic (exact) mass is 271 g/mol. The molecule has 2 aromatic rings. The molecule has 0 amide bonds. The number of anilines is 2. The largest absolute Gasteiger partial charge is 0.383 e. The zero-order valence-corrected chi connectivity index (χ0v) is 10.7. The Bertz CT molecular complexity index is 542. The second-order valence-corrected chi connectivity index (χ2v) is 4.80. The molecule has 1 aromatic carbocycles. The average molecular weight is 272 g/mol. The Kier molecular flexibility index (Phi) is 3.49. The molecule has 90 valence electrons. The Balaban J connectivity index is 2.07. The topological polar surface area (TPSA) is 50.9 Å². The van der Waals surface area contributed by atoms with Crippen molar-refractivity contribution in [3.63, 3.8) is 0 Å². The lowest BCUT2D eigenvalue weighted by molar-refractivity contribution is 0.627. The van der Waals surface area contributed by atoms with E-state index in [1.54, 1.807) is 12.1 Å². The van der Waals surface area contributed by atoms with Crippen LogP contribution in [0.1, 0.15) is 11.1 Å². The number of benzene rings is 1. The van der Waals surface area contributed by atoms with Crippen LogP contribution >= 0.6 is 23.1 Å². The number of aromatic nitrogens is 1. The van der Waals surface area contributed by atoms with Gasteiger partial charge in [-0.25, -0.2) is 4.39 Å². The van der Waals surface area contributed by atoms with E-state index in [0.29, 0.717) is 12.4 Å². The van der Waals surface area contributed by atoms with Crippen LogP contribution in [0.25, 0.3) is 0 Å². The van der Waals surface area contributed by atoms with Crippen LogP contribution in [0.4, 0.5) is 15.2 Å². The van der Waals surface area contributed by atoms with Gasteiger partial charge >= 0.3 is 0 Å². The van der Waals surface area contributed by atoms with E-state index in [-0.39, 0.29) is 5.02 Å². The molecule has 2 rings (SSSR count). The third-order valence-electron chi connectivity index (χ3n) is 2.40. The van der Waals surface area contributed by atoms with Crippen LogP contribution in [0.2, 0.25) is 5.02 Å². The summed E-state index contributed by atoms with van der Waals surface area (Å²) in [6.45, 7) is 2.46. The number of nitrogens with one attached hydrogen (secondary N) is 1. The van der Waals surface area contributed by atoms with E-state index in [4.69, 9.17) is 17.3 Å². The summed E-state index contributed by atoms with van der Waals surface area (Å²) < 4.78 is 17.0. The number of nitrogens with zero attached hydrogens (tertiary/aromatic N) is 1. The summed E-state index contributed by atoms with van der Waals surface area (Å²) in [6, 6.07) is 4.64. The fraction of sp³-hybridized carbons (Fsp3) is 0.182. The van der Waals surface area contributed by atoms with Crippen molar-refractivity contribution in [3.05, 3.63) is 40.2 Å². The van der Waals surface area contributed by atoms with Crippen molar-refractivity contribution in [2.75, 3.05) is 11.1 Å². The molecule has 1 aromatic heterocycles. The number of halogens is 2. The van der Waals surface area contributed by atoms with Gasteiger partial charge in [-0.15, -0.1) is 0 Å². The quantitative estimate of drug-likeness (QED) is 0.899. The fourth-order valence-corrected chi connectivity index (χ4v) is 2.25. The summed E-state index contributed by atoms with van der Waals surface area (Å²) in [5, 5.41) is 4.24. The van der Waals surface area contributed by atoms with Crippen molar-refractivity contribution < 1.29 is 4.39 Å². The third kappa shape index (κ3) is 2.68. The van der Waals surface area contributed by atoms with E-state index < -0.39 is 5.82 Å². The summed E-state index contributed by atoms with van der Waals surface area (Å²) in [5.41, 5.74) is 7.48. The minimum Gasteiger partial charge on any atom is -0.383 e. The Morgan fingerprint density at radius 3 is 2.88 bits per heavy atom. The van der Waals surface area contributed by atoms with Crippen LogP contribution in [0.5, 0.6) is 0 Å². The summed E-state index contributed by atoms with van der Waals surface area (Å²) in [4.78, 5) is 0. The van der Waals surface area contributed by atoms with Crippen molar-refractivity contribution in [1.29, 1.82) is 0 Å². The van der Waals surface area contributed by atoms with Crippen molar-refractivity contribution in [1.82, 2.24) is 4.37 Å². The lowest BCUT2D eigenvalue weighted by Gasteiger charge is -2.05. The van der Waals surface area contributed by atoms with Crippen LogP contribution in [-0.4, -0.2) is 4.37 Å². The zero-order valence-electron chi connectivity index (χ0n) is 9.13. The maximum absolute atomic E-state index is 13.0. The van der Waals surface area contributed by atoms with Crippen molar-refractivity contribution in [2.45, 2.75) is 13.5 Å². The maximum Gasteiger partial charge on any atom is 0.142 e. The van der Waals surface area contributed by atoms with Crippen molar-refractivity contribution in [3.8, 4) is 0 Å². The van der Waals surface area contributed by atoms with Gasteiger partial charge in [-0.05, 0) is 36.2 Å². The van der Waals surface area contributed by atoms with Gasteiger partial charge in [-0.3, -0.25) is 0 Å². The Morgan fingerprint density at radius 2 is 2.29 bits per heavy atom. The third-order valence-corrected chi connectivity index (χ3v) is 3.61. The van der Waals surface area contributed by atoms with E-state index in [2.05, 4.69) is 9.69 Å². The van der Waals surface area contributed by atoms with Gasteiger partial charge in [-0.2, -0.15) is 4.37 Å². The van der Waals surface area contributed by atoms with Crippen LogP contribution in [0.3, 0.4) is 0 Å². The molecule has 0 aliphatic rings. The molecular weight excluding hydrogens is 261 g/mol. The van der Waals surface area contributed by atoms with Gasteiger partial charge in [0.1, 0.15) is 16.6 Å². The van der Waals surface area contributed by atoms with Gasteiger partial charge in [0.25, 0.3) is 0 Å². The summed E-state index contributed by atoms with van der Waals surface area (Å²) in [6.07, 6.45) is 0. The molecule has 0 saturated carbocycles. The molecule has 0 aliphatic carbocycles. The van der Waals surface area contributed by atoms with E-state index in [0.717, 1.165) is 16.1 Å². The molecule has 1 heterocycles. The van der Waals surface area contributed by atoms with Gasteiger partial charge in [0, 0.05) is 12.1 Å². The molecule has 3 N–H and O–H groups in total. The number of rotatable bonds is 3. The number of hydrogen-bond acceptors (Lipinski definition) is 4. The molecule has 0 spiro atoms. The van der Waals surface area contributed by atoms with E-state index >= 15 is 0 Å². The summed E-state index contributed by atoms with van der Waals surface area (Å²) >= 11 is 7.01. The Hall–Kier alpha value is -1.33. The first kappa shape index (κ1) is 12.1. The van der Waals surface area contributed by atoms with Crippen molar-refractivity contribution >= 4 is 34.0 Å². The minimum absolute atomic E-state index is 0.129. The first-order chi connectivity index (χ1) is 8.08. The van der Waals surface area contributed by atoms with Gasteiger partial charge in [0.05, 0.1) is 5.02 Å². The smallest absolute Gasteiger partial charge is 0.142 e. The predicted octanol–water partition coefficient (Wildman–Crippen LogP) is 3.44. The molecule has 0 aliphatic heterocycles. The standard InChI is InChI=1S/C11H11ClFN3S/c1-6-10(14)16-17-11(6)15-5-7-2-3-9(13)8(12)4-7/h2-4,15H,5H2,1H3,(H2,14,16). The molecule has 0 atom stereocenters. The van der Waals surface area contributed by atoms with Gasteiger partial charge < -0.3 is 11.1 Å².